The van der Waals surface area contributed by atoms with Crippen molar-refractivity contribution < 1.29 is 27.6 Å². The van der Waals surface area contributed by atoms with E-state index in [2.05, 4.69) is 5.32 Å². The molecule has 11 heteroatoms. The molecule has 1 rings (SSSR count). The number of nitrogens with one attached hydrogen (secondary N) is 1. The number of benzene rings is 1. The summed E-state index contributed by atoms with van der Waals surface area (Å²) < 4.78 is 37.8. The van der Waals surface area contributed by atoms with Gasteiger partial charge in [-0.25, -0.2) is 0 Å². The van der Waals surface area contributed by atoms with Gasteiger partial charge in [0.2, 0.25) is 11.8 Å². The normalized spacial score (nSPS) is 13.5. The minimum atomic E-state index is -4.51. The molecule has 29 heavy (non-hydrogen) atoms. The molecule has 1 aromatic carbocycles. The Kier molecular flexibility index (Phi) is 9.21. The van der Waals surface area contributed by atoms with Crippen LogP contribution in [0.4, 0.5) is 13.2 Å². The zero-order valence-corrected chi connectivity index (χ0v) is 16.0. The number of ketones is 1. The van der Waals surface area contributed by atoms with Crippen LogP contribution in [-0.4, -0.2) is 60.8 Å². The Hall–Kier alpha value is -2.50. The molecule has 2 amide bonds. The molecule has 0 aromatic heterocycles. The van der Waals surface area contributed by atoms with E-state index in [4.69, 9.17) is 17.2 Å². The van der Waals surface area contributed by atoms with Crippen LogP contribution in [0.3, 0.4) is 0 Å². The molecular formula is C18H26F3N5O3. The lowest BCUT2D eigenvalue weighted by Gasteiger charge is -2.23. The molecule has 0 saturated heterocycles. The van der Waals surface area contributed by atoms with Crippen LogP contribution in [-0.2, 0) is 15.8 Å². The van der Waals surface area contributed by atoms with Gasteiger partial charge in [-0.1, -0.05) is 12.1 Å². The van der Waals surface area contributed by atoms with E-state index < -0.39 is 41.4 Å². The average Bonchev–Trinajstić information content (AvgIpc) is 2.66. The lowest BCUT2D eigenvalue weighted by atomic mass is 10.0. The zero-order valence-electron chi connectivity index (χ0n) is 16.0. The molecule has 1 aromatic rings. The first-order chi connectivity index (χ1) is 13.5. The minimum Gasteiger partial charge on any atom is -0.345 e. The summed E-state index contributed by atoms with van der Waals surface area (Å²) >= 11 is 0. The van der Waals surface area contributed by atoms with Crippen molar-refractivity contribution in [3.8, 4) is 0 Å². The molecule has 0 saturated carbocycles. The molecule has 0 bridgehead atoms. The van der Waals surface area contributed by atoms with Gasteiger partial charge in [0.15, 0.2) is 5.78 Å². The van der Waals surface area contributed by atoms with Gasteiger partial charge in [-0.3, -0.25) is 14.4 Å². The highest BCUT2D eigenvalue weighted by atomic mass is 19.4. The van der Waals surface area contributed by atoms with Gasteiger partial charge in [0, 0.05) is 31.7 Å². The van der Waals surface area contributed by atoms with Crippen LogP contribution >= 0.6 is 0 Å². The summed E-state index contributed by atoms with van der Waals surface area (Å²) in [5, 5.41) is 2.38. The number of hydrogen-bond donors (Lipinski definition) is 4. The Morgan fingerprint density at radius 2 is 1.59 bits per heavy atom. The van der Waals surface area contributed by atoms with E-state index >= 15 is 0 Å². The molecule has 2 unspecified atom stereocenters. The number of nitrogens with two attached hydrogens (primary N) is 3. The van der Waals surface area contributed by atoms with E-state index in [9.17, 15) is 27.6 Å². The van der Waals surface area contributed by atoms with E-state index in [1.165, 1.54) is 11.8 Å². The van der Waals surface area contributed by atoms with Crippen molar-refractivity contribution in [2.45, 2.75) is 31.6 Å². The predicted octanol–water partition coefficient (Wildman–Crippen LogP) is -0.144. The van der Waals surface area contributed by atoms with E-state index in [-0.39, 0.29) is 38.2 Å². The Labute approximate surface area is 166 Å². The fourth-order valence-electron chi connectivity index (χ4n) is 2.54. The lowest BCUT2D eigenvalue weighted by molar-refractivity contribution is -0.137. The molecule has 0 heterocycles. The molecule has 2 atom stereocenters. The van der Waals surface area contributed by atoms with Gasteiger partial charge >= 0.3 is 6.18 Å². The first kappa shape index (κ1) is 24.5. The van der Waals surface area contributed by atoms with Crippen LogP contribution in [0.2, 0.25) is 0 Å². The third-order valence-electron chi connectivity index (χ3n) is 4.13. The summed E-state index contributed by atoms with van der Waals surface area (Å²) in [5.41, 5.74) is 15.7. The monoisotopic (exact) mass is 417 g/mol. The summed E-state index contributed by atoms with van der Waals surface area (Å²) in [6.45, 7) is 2.37. The quantitative estimate of drug-likeness (QED) is 0.390. The number of nitrogens with zero attached hydrogens (tertiary/aromatic N) is 1. The third kappa shape index (κ3) is 7.44. The summed E-state index contributed by atoms with van der Waals surface area (Å²) in [5.74, 6) is -1.71. The number of amides is 2. The second kappa shape index (κ2) is 10.9. The summed E-state index contributed by atoms with van der Waals surface area (Å²) in [4.78, 5) is 38.1. The second-order valence-corrected chi connectivity index (χ2v) is 6.44. The largest absolute Gasteiger partial charge is 0.416 e. The Morgan fingerprint density at radius 3 is 2.03 bits per heavy atom. The highest BCUT2D eigenvalue weighted by Gasteiger charge is 2.30. The molecule has 0 aliphatic rings. The Balaban J connectivity index is 2.68. The molecule has 162 valence electrons. The van der Waals surface area contributed by atoms with Crippen molar-refractivity contribution in [3.63, 3.8) is 0 Å². The van der Waals surface area contributed by atoms with E-state index in [1.54, 1.807) is 0 Å². The van der Waals surface area contributed by atoms with Crippen LogP contribution in [0.1, 0.15) is 29.3 Å². The average molecular weight is 417 g/mol. The lowest BCUT2D eigenvalue weighted by Crippen LogP contribution is -2.50. The topological polar surface area (TPSA) is 145 Å². The predicted molar refractivity (Wildman–Crippen MR) is 101 cm³/mol. The number of rotatable bonds is 10. The number of hydrogen-bond acceptors (Lipinski definition) is 6. The van der Waals surface area contributed by atoms with Crippen LogP contribution in [0.5, 0.6) is 0 Å². The molecule has 8 nitrogen and oxygen atoms in total. The highest BCUT2D eigenvalue weighted by molar-refractivity contribution is 6.02. The van der Waals surface area contributed by atoms with Gasteiger partial charge in [0.25, 0.3) is 0 Å². The maximum Gasteiger partial charge on any atom is 0.416 e. The van der Waals surface area contributed by atoms with Gasteiger partial charge in [-0.15, -0.1) is 0 Å². The summed E-state index contributed by atoms with van der Waals surface area (Å²) in [6, 6.07) is 1.41. The Morgan fingerprint density at radius 1 is 1.07 bits per heavy atom. The number of alkyl halides is 3. The number of Topliss-reactive ketones (excluding diaryl/α,β-unsaturated/α-hetero) is 1. The van der Waals surface area contributed by atoms with Gasteiger partial charge in [-0.05, 0) is 19.1 Å². The molecule has 7 N–H and O–H groups in total. The van der Waals surface area contributed by atoms with E-state index in [0.29, 0.717) is 0 Å². The minimum absolute atomic E-state index is 0.00696. The smallest absolute Gasteiger partial charge is 0.345 e. The fourth-order valence-corrected chi connectivity index (χ4v) is 2.54. The SMILES string of the molecule is CC(NC(=O)C(N)CC(=O)N(CCN)CCN)C(=O)c1ccc(C(F)(F)F)cc1. The van der Waals surface area contributed by atoms with Gasteiger partial charge in [0.1, 0.15) is 0 Å². The van der Waals surface area contributed by atoms with Gasteiger partial charge in [0.05, 0.1) is 24.1 Å². The van der Waals surface area contributed by atoms with Crippen LogP contribution in [0.25, 0.3) is 0 Å². The molecule has 0 radical (unpaired) electrons. The molecule has 0 spiro atoms. The maximum atomic E-state index is 12.6. The van der Waals surface area contributed by atoms with Crippen molar-refractivity contribution in [3.05, 3.63) is 35.4 Å². The van der Waals surface area contributed by atoms with E-state index in [0.717, 1.165) is 24.3 Å². The summed E-state index contributed by atoms with van der Waals surface area (Å²) in [6.07, 6.45) is -4.81. The van der Waals surface area contributed by atoms with Crippen molar-refractivity contribution >= 4 is 17.6 Å². The number of carbonyl (C=O) groups is 3. The standard InChI is InChI=1S/C18H26F3N5O3/c1-11(16(28)12-2-4-13(5-3-12)18(19,20)21)25-17(29)14(24)10-15(27)26(8-6-22)9-7-23/h2-5,11,14H,6-10,22-24H2,1H3,(H,25,29). The molecule has 0 aliphatic heterocycles. The molecular weight excluding hydrogens is 391 g/mol. The zero-order chi connectivity index (χ0) is 22.2. The number of carbonyl (C=O) groups excluding carboxylic acids is 3. The second-order valence-electron chi connectivity index (χ2n) is 6.44. The van der Waals surface area contributed by atoms with E-state index in [1.807, 2.05) is 0 Å². The van der Waals surface area contributed by atoms with Crippen LogP contribution < -0.4 is 22.5 Å². The summed E-state index contributed by atoms with van der Waals surface area (Å²) in [7, 11) is 0. The molecule has 0 aliphatic carbocycles. The fraction of sp³-hybridized carbons (Fsp3) is 0.500. The Bertz CT molecular complexity index is 704. The van der Waals surface area contributed by atoms with Crippen LogP contribution in [0.15, 0.2) is 24.3 Å². The highest BCUT2D eigenvalue weighted by Crippen LogP contribution is 2.29. The number of halogens is 3. The van der Waals surface area contributed by atoms with Crippen molar-refractivity contribution in [1.82, 2.24) is 10.2 Å². The van der Waals surface area contributed by atoms with Crippen LogP contribution in [0, 0.1) is 0 Å². The van der Waals surface area contributed by atoms with Crippen molar-refractivity contribution in [2.75, 3.05) is 26.2 Å². The maximum absolute atomic E-state index is 12.6. The molecule has 0 fully saturated rings. The van der Waals surface area contributed by atoms with Gasteiger partial charge in [-0.2, -0.15) is 13.2 Å². The first-order valence-electron chi connectivity index (χ1n) is 8.96. The van der Waals surface area contributed by atoms with Crippen molar-refractivity contribution in [2.24, 2.45) is 17.2 Å². The van der Waals surface area contributed by atoms with Crippen molar-refractivity contribution in [1.29, 1.82) is 0 Å². The first-order valence-corrected chi connectivity index (χ1v) is 8.96. The van der Waals surface area contributed by atoms with Gasteiger partial charge < -0.3 is 27.4 Å². The third-order valence-corrected chi connectivity index (χ3v) is 4.13.